The van der Waals surface area contributed by atoms with Crippen LogP contribution in [0.1, 0.15) is 19.3 Å². The van der Waals surface area contributed by atoms with Gasteiger partial charge in [-0.05, 0) is 31.4 Å². The molecule has 1 saturated heterocycles. The zero-order chi connectivity index (χ0) is 24.0. The molecule has 2 aromatic carbocycles. The minimum Gasteiger partial charge on any atom is -0.481 e. The highest BCUT2D eigenvalue weighted by molar-refractivity contribution is 7.22. The summed E-state index contributed by atoms with van der Waals surface area (Å²) in [7, 11) is 1.42. The first-order valence-electron chi connectivity index (χ1n) is 10.7. The molecule has 11 heteroatoms. The molecule has 4 aromatic rings. The normalized spacial score (nSPS) is 16.7. The summed E-state index contributed by atoms with van der Waals surface area (Å²) in [4.78, 5) is 26.6. The summed E-state index contributed by atoms with van der Waals surface area (Å²) in [5, 5.41) is 10.4. The van der Waals surface area contributed by atoms with Crippen LogP contribution in [-0.4, -0.2) is 46.2 Å². The zero-order valence-electron chi connectivity index (χ0n) is 18.2. The summed E-state index contributed by atoms with van der Waals surface area (Å²) in [6.07, 6.45) is 1.71. The number of thiazole rings is 1. The third-order valence-electron chi connectivity index (χ3n) is 6.11. The number of nitrogens with two attached hydrogens (primary N) is 1. The van der Waals surface area contributed by atoms with E-state index in [9.17, 15) is 9.90 Å². The van der Waals surface area contributed by atoms with Gasteiger partial charge in [0.15, 0.2) is 10.9 Å². The van der Waals surface area contributed by atoms with Gasteiger partial charge in [0.1, 0.15) is 11.3 Å². The number of hydrogen-bond donors (Lipinski definition) is 2. The average molecular weight is 502 g/mol. The van der Waals surface area contributed by atoms with Crippen LogP contribution in [0.15, 0.2) is 24.3 Å². The fraction of sp³-hybridized carbons (Fsp3) is 0.304. The predicted molar refractivity (Wildman–Crippen MR) is 131 cm³/mol. The highest BCUT2D eigenvalue weighted by atomic mass is 35.5. The van der Waals surface area contributed by atoms with Crippen molar-refractivity contribution < 1.29 is 19.0 Å². The van der Waals surface area contributed by atoms with Crippen LogP contribution in [0.3, 0.4) is 0 Å². The Labute approximate surface area is 203 Å². The molecular formula is C23H21ClFN5O3S. The molecule has 8 nitrogen and oxygen atoms in total. The standard InChI is InChI=1S/C23H21ClFN5O3S/c1-33-23-28-19-13(20(29-23)30-8-3-4-11(7-9-30)21(31)32)10-14(24)16(17(19)25)12-5-2-6-15-18(12)27-22(26)34-15/h2,5-6,10-11H,3-4,7-9H2,1H3,(H2,26,27)(H,31,32). The summed E-state index contributed by atoms with van der Waals surface area (Å²) in [6, 6.07) is 7.09. The van der Waals surface area contributed by atoms with Gasteiger partial charge >= 0.3 is 12.0 Å². The molecule has 3 N–H and O–H groups in total. The molecule has 3 heterocycles. The number of fused-ring (bicyclic) bond motifs is 2. The summed E-state index contributed by atoms with van der Waals surface area (Å²) in [5.74, 6) is -1.36. The molecule has 2 aromatic heterocycles. The minimum absolute atomic E-state index is 0.0183. The zero-order valence-corrected chi connectivity index (χ0v) is 19.8. The van der Waals surface area contributed by atoms with Gasteiger partial charge in [0.05, 0.1) is 28.3 Å². The number of nitrogen functional groups attached to an aromatic ring is 1. The number of rotatable bonds is 4. The summed E-state index contributed by atoms with van der Waals surface area (Å²) in [6.45, 7) is 1.04. The summed E-state index contributed by atoms with van der Waals surface area (Å²) < 4.78 is 22.2. The number of benzene rings is 2. The number of methoxy groups -OCH3 is 1. The van der Waals surface area contributed by atoms with Crippen LogP contribution in [0.2, 0.25) is 5.02 Å². The van der Waals surface area contributed by atoms with Gasteiger partial charge in [-0.2, -0.15) is 9.97 Å². The molecule has 5 rings (SSSR count). The lowest BCUT2D eigenvalue weighted by Crippen LogP contribution is -2.26. The van der Waals surface area contributed by atoms with Gasteiger partial charge in [-0.1, -0.05) is 35.1 Å². The van der Waals surface area contributed by atoms with Gasteiger partial charge in [-0.3, -0.25) is 4.79 Å². The van der Waals surface area contributed by atoms with Crippen LogP contribution in [-0.2, 0) is 4.79 Å². The highest BCUT2D eigenvalue weighted by Gasteiger charge is 2.27. The Morgan fingerprint density at radius 3 is 2.85 bits per heavy atom. The third kappa shape index (κ3) is 3.86. The summed E-state index contributed by atoms with van der Waals surface area (Å²) in [5.41, 5.74) is 7.23. The first-order valence-corrected chi connectivity index (χ1v) is 11.9. The van der Waals surface area contributed by atoms with Gasteiger partial charge in [0, 0.05) is 29.6 Å². The Balaban J connectivity index is 1.69. The molecule has 34 heavy (non-hydrogen) atoms. The lowest BCUT2D eigenvalue weighted by Gasteiger charge is -2.24. The monoisotopic (exact) mass is 501 g/mol. The lowest BCUT2D eigenvalue weighted by atomic mass is 10.0. The molecule has 0 saturated carbocycles. The molecule has 0 radical (unpaired) electrons. The Morgan fingerprint density at radius 1 is 1.26 bits per heavy atom. The van der Waals surface area contributed by atoms with E-state index in [1.54, 1.807) is 18.2 Å². The van der Waals surface area contributed by atoms with Crippen molar-refractivity contribution in [1.29, 1.82) is 0 Å². The van der Waals surface area contributed by atoms with E-state index < -0.39 is 17.7 Å². The topological polar surface area (TPSA) is 114 Å². The number of aliphatic carboxylic acids is 1. The van der Waals surface area contributed by atoms with Crippen LogP contribution in [0.4, 0.5) is 15.3 Å². The number of para-hydroxylation sites is 1. The van der Waals surface area contributed by atoms with Gasteiger partial charge < -0.3 is 20.5 Å². The fourth-order valence-corrected chi connectivity index (χ4v) is 5.52. The van der Waals surface area contributed by atoms with E-state index in [1.807, 2.05) is 11.0 Å². The maximum absolute atomic E-state index is 16.1. The number of nitrogens with zero attached hydrogens (tertiary/aromatic N) is 4. The number of ether oxygens (including phenoxy) is 1. The number of aromatic nitrogens is 3. The molecule has 0 spiro atoms. The molecule has 0 aliphatic carbocycles. The van der Waals surface area contributed by atoms with Crippen molar-refractivity contribution in [2.75, 3.05) is 30.8 Å². The van der Waals surface area contributed by atoms with E-state index in [2.05, 4.69) is 15.0 Å². The van der Waals surface area contributed by atoms with Crippen molar-refractivity contribution in [2.45, 2.75) is 19.3 Å². The molecule has 0 bridgehead atoms. The van der Waals surface area contributed by atoms with Crippen LogP contribution in [0.25, 0.3) is 32.2 Å². The van der Waals surface area contributed by atoms with Crippen LogP contribution in [0.5, 0.6) is 6.01 Å². The molecule has 1 unspecified atom stereocenters. The number of hydrogen-bond acceptors (Lipinski definition) is 8. The van der Waals surface area contributed by atoms with E-state index in [1.165, 1.54) is 18.4 Å². The van der Waals surface area contributed by atoms with E-state index >= 15 is 4.39 Å². The average Bonchev–Trinajstić information content (AvgIpc) is 3.03. The van der Waals surface area contributed by atoms with Gasteiger partial charge in [-0.15, -0.1) is 0 Å². The van der Waals surface area contributed by atoms with E-state index in [0.717, 1.165) is 4.70 Å². The first-order chi connectivity index (χ1) is 16.4. The Hall–Kier alpha value is -3.24. The van der Waals surface area contributed by atoms with E-state index in [0.29, 0.717) is 59.8 Å². The van der Waals surface area contributed by atoms with Crippen LogP contribution in [0, 0.1) is 11.7 Å². The fourth-order valence-electron chi connectivity index (χ4n) is 4.46. The van der Waals surface area contributed by atoms with Crippen molar-refractivity contribution in [3.8, 4) is 17.1 Å². The number of carboxylic acid groups (broad SMARTS) is 1. The first kappa shape index (κ1) is 22.5. The number of halogens is 2. The summed E-state index contributed by atoms with van der Waals surface area (Å²) >= 11 is 7.97. The van der Waals surface area contributed by atoms with Crippen molar-refractivity contribution in [3.63, 3.8) is 0 Å². The molecule has 1 aliphatic rings. The lowest BCUT2D eigenvalue weighted by molar-refractivity contribution is -0.142. The second-order valence-corrected chi connectivity index (χ2v) is 9.60. The number of anilines is 2. The highest BCUT2D eigenvalue weighted by Crippen LogP contribution is 2.42. The van der Waals surface area contributed by atoms with E-state index in [4.69, 9.17) is 22.1 Å². The Bertz CT molecular complexity index is 1430. The predicted octanol–water partition coefficient (Wildman–Crippen LogP) is 4.98. The molecular weight excluding hydrogens is 481 g/mol. The maximum Gasteiger partial charge on any atom is 0.318 e. The molecule has 1 atom stereocenters. The molecule has 176 valence electrons. The Kier molecular flexibility index (Phi) is 5.86. The van der Waals surface area contributed by atoms with Gasteiger partial charge in [0.25, 0.3) is 0 Å². The second-order valence-electron chi connectivity index (χ2n) is 8.13. The second kappa shape index (κ2) is 8.84. The molecule has 1 aliphatic heterocycles. The maximum atomic E-state index is 16.1. The number of carbonyl (C=O) groups is 1. The van der Waals surface area contributed by atoms with Crippen LogP contribution >= 0.6 is 22.9 Å². The molecule has 0 amide bonds. The largest absolute Gasteiger partial charge is 0.481 e. The SMILES string of the molecule is COc1nc(N2CCCC(C(=O)O)CC2)c2cc(Cl)c(-c3cccc4sc(N)nc34)c(F)c2n1. The Morgan fingerprint density at radius 2 is 2.09 bits per heavy atom. The third-order valence-corrected chi connectivity index (χ3v) is 7.25. The van der Waals surface area contributed by atoms with Crippen molar-refractivity contribution in [1.82, 2.24) is 15.0 Å². The minimum atomic E-state index is -0.803. The molecule has 1 fully saturated rings. The van der Waals surface area contributed by atoms with Crippen molar-refractivity contribution in [2.24, 2.45) is 5.92 Å². The quantitative estimate of drug-likeness (QED) is 0.402. The van der Waals surface area contributed by atoms with Crippen LogP contribution < -0.4 is 15.4 Å². The van der Waals surface area contributed by atoms with Crippen molar-refractivity contribution >= 4 is 61.0 Å². The van der Waals surface area contributed by atoms with Gasteiger partial charge in [0.2, 0.25) is 0 Å². The number of carboxylic acids is 1. The van der Waals surface area contributed by atoms with E-state index in [-0.39, 0.29) is 22.1 Å². The smallest absolute Gasteiger partial charge is 0.318 e. The van der Waals surface area contributed by atoms with Gasteiger partial charge in [-0.25, -0.2) is 9.37 Å². The van der Waals surface area contributed by atoms with Crippen molar-refractivity contribution in [3.05, 3.63) is 35.1 Å².